The van der Waals surface area contributed by atoms with Crippen molar-refractivity contribution in [3.05, 3.63) is 99.0 Å². The van der Waals surface area contributed by atoms with Crippen LogP contribution in [0.15, 0.2) is 65.5 Å². The zero-order valence-corrected chi connectivity index (χ0v) is 18.4. The number of halogens is 3. The minimum absolute atomic E-state index is 0.00844. The van der Waals surface area contributed by atoms with Crippen LogP contribution in [0.25, 0.3) is 5.69 Å². The van der Waals surface area contributed by atoms with E-state index in [0.717, 1.165) is 16.7 Å². The summed E-state index contributed by atoms with van der Waals surface area (Å²) in [5, 5.41) is 2.63. The predicted molar refractivity (Wildman–Crippen MR) is 119 cm³/mol. The second kappa shape index (κ2) is 10.1. The molecule has 1 heterocycles. The van der Waals surface area contributed by atoms with E-state index >= 15 is 0 Å². The van der Waals surface area contributed by atoms with Gasteiger partial charge in [-0.1, -0.05) is 37.3 Å². The molecule has 0 aliphatic carbocycles. The lowest BCUT2D eigenvalue weighted by atomic mass is 10.1. The Kier molecular flexibility index (Phi) is 7.50. The molecule has 6 nitrogen and oxygen atoms in total. The topological polar surface area (TPSA) is 88.4 Å². The fraction of sp³-hybridized carbons (Fsp3) is 0.217. The van der Waals surface area contributed by atoms with Crippen LogP contribution in [0.2, 0.25) is 0 Å². The van der Waals surface area contributed by atoms with Gasteiger partial charge in [-0.2, -0.15) is 13.2 Å². The number of hydrogen-bond donors (Lipinski definition) is 2. The average Bonchev–Trinajstić information content (AvgIpc) is 2.77. The maximum absolute atomic E-state index is 13.1. The summed E-state index contributed by atoms with van der Waals surface area (Å²) in [4.78, 5) is 25.8. The maximum Gasteiger partial charge on any atom is 0.416 e. The Hall–Kier alpha value is -3.24. The highest BCUT2D eigenvalue weighted by molar-refractivity contribution is 7.78. The Morgan fingerprint density at radius 1 is 1.06 bits per heavy atom. The van der Waals surface area contributed by atoms with Crippen LogP contribution in [-0.2, 0) is 36.0 Å². The summed E-state index contributed by atoms with van der Waals surface area (Å²) in [6.07, 6.45) is -4.19. The van der Waals surface area contributed by atoms with Crippen LogP contribution < -0.4 is 10.9 Å². The van der Waals surface area contributed by atoms with Gasteiger partial charge < -0.3 is 9.87 Å². The van der Waals surface area contributed by atoms with Gasteiger partial charge in [-0.3, -0.25) is 14.2 Å². The van der Waals surface area contributed by atoms with Crippen molar-refractivity contribution in [3.63, 3.8) is 0 Å². The molecular formula is C23H21F3N2O4S. The number of hydrogen-bond acceptors (Lipinski definition) is 3. The zero-order valence-electron chi connectivity index (χ0n) is 17.6. The molecule has 0 saturated heterocycles. The van der Waals surface area contributed by atoms with Crippen molar-refractivity contribution < 1.29 is 26.7 Å². The van der Waals surface area contributed by atoms with Crippen molar-refractivity contribution in [2.75, 3.05) is 0 Å². The summed E-state index contributed by atoms with van der Waals surface area (Å²) in [5.41, 5.74) is 0.0521. The normalized spacial score (nSPS) is 12.4. The monoisotopic (exact) mass is 478 g/mol. The van der Waals surface area contributed by atoms with Gasteiger partial charge >= 0.3 is 6.18 Å². The Balaban J connectivity index is 1.87. The summed E-state index contributed by atoms with van der Waals surface area (Å²) in [6.45, 7) is 1.86. The molecule has 1 unspecified atom stereocenters. The van der Waals surface area contributed by atoms with E-state index < -0.39 is 34.3 Å². The smallest absolute Gasteiger partial charge is 0.348 e. The fourth-order valence-electron chi connectivity index (χ4n) is 3.30. The third-order valence-electron chi connectivity index (χ3n) is 4.97. The third kappa shape index (κ3) is 5.96. The molecule has 0 saturated carbocycles. The van der Waals surface area contributed by atoms with Gasteiger partial charge in [-0.15, -0.1) is 0 Å². The molecule has 0 spiro atoms. The van der Waals surface area contributed by atoms with Crippen LogP contribution in [0.1, 0.15) is 39.7 Å². The minimum atomic E-state index is -4.57. The molecule has 0 aliphatic heterocycles. The Morgan fingerprint density at radius 2 is 1.73 bits per heavy atom. The molecule has 1 atom stereocenters. The molecule has 2 aromatic carbocycles. The number of benzene rings is 2. The largest absolute Gasteiger partial charge is 0.416 e. The first-order chi connectivity index (χ1) is 15.6. The number of nitrogens with zero attached hydrogens (tertiary/aromatic N) is 1. The highest BCUT2D eigenvalue weighted by atomic mass is 32.2. The standard InChI is InChI=1S/C23H21F3N2O4S/c1-2-18-10-11-20(21(29)27-13-15-6-8-16(9-7-15)14-33(31)32)22(30)28(18)19-5-3-4-17(12-19)23(24,25)26/h3-12H,2,13-14H2,1H3,(H,27,29)(H,31,32). The minimum Gasteiger partial charge on any atom is -0.348 e. The van der Waals surface area contributed by atoms with E-state index in [4.69, 9.17) is 4.55 Å². The lowest BCUT2D eigenvalue weighted by Crippen LogP contribution is -2.33. The lowest BCUT2D eigenvalue weighted by Gasteiger charge is -2.15. The first kappa shape index (κ1) is 24.4. The number of amides is 1. The van der Waals surface area contributed by atoms with Crippen molar-refractivity contribution in [1.29, 1.82) is 0 Å². The van der Waals surface area contributed by atoms with Crippen molar-refractivity contribution in [3.8, 4) is 5.69 Å². The van der Waals surface area contributed by atoms with Gasteiger partial charge in [0, 0.05) is 17.9 Å². The lowest BCUT2D eigenvalue weighted by molar-refractivity contribution is -0.137. The van der Waals surface area contributed by atoms with Crippen LogP contribution in [-0.4, -0.2) is 19.2 Å². The molecule has 33 heavy (non-hydrogen) atoms. The SMILES string of the molecule is CCc1ccc(C(=O)NCc2ccc(CS(=O)O)cc2)c(=O)n1-c1cccc(C(F)(F)F)c1. The molecule has 0 fully saturated rings. The number of pyridine rings is 1. The Bertz CT molecular complexity index is 1240. The molecule has 10 heteroatoms. The molecule has 0 radical (unpaired) electrons. The van der Waals surface area contributed by atoms with Crippen molar-refractivity contribution in [2.24, 2.45) is 0 Å². The molecule has 2 N–H and O–H groups in total. The van der Waals surface area contributed by atoms with Gasteiger partial charge in [0.2, 0.25) is 0 Å². The van der Waals surface area contributed by atoms with E-state index in [2.05, 4.69) is 5.32 Å². The van der Waals surface area contributed by atoms with E-state index in [-0.39, 0.29) is 23.5 Å². The van der Waals surface area contributed by atoms with Gasteiger partial charge in [0.1, 0.15) is 5.56 Å². The zero-order chi connectivity index (χ0) is 24.2. The van der Waals surface area contributed by atoms with E-state index in [9.17, 15) is 27.0 Å². The summed E-state index contributed by atoms with van der Waals surface area (Å²) in [6, 6.07) is 14.0. The van der Waals surface area contributed by atoms with E-state index in [0.29, 0.717) is 23.2 Å². The van der Waals surface area contributed by atoms with Gasteiger partial charge in [0.25, 0.3) is 11.5 Å². The second-order valence-electron chi connectivity index (χ2n) is 7.25. The summed E-state index contributed by atoms with van der Waals surface area (Å²) in [7, 11) is 0. The summed E-state index contributed by atoms with van der Waals surface area (Å²) in [5.74, 6) is -0.671. The Morgan fingerprint density at radius 3 is 2.33 bits per heavy atom. The first-order valence-electron chi connectivity index (χ1n) is 9.96. The number of aryl methyl sites for hydroxylation is 1. The van der Waals surface area contributed by atoms with Crippen LogP contribution in [0.4, 0.5) is 13.2 Å². The number of rotatable bonds is 7. The number of nitrogens with one attached hydrogen (secondary N) is 1. The van der Waals surface area contributed by atoms with E-state index in [1.54, 1.807) is 37.3 Å². The first-order valence-corrected chi connectivity index (χ1v) is 11.2. The van der Waals surface area contributed by atoms with Crippen molar-refractivity contribution in [1.82, 2.24) is 9.88 Å². The van der Waals surface area contributed by atoms with E-state index in [1.165, 1.54) is 18.2 Å². The third-order valence-corrected chi connectivity index (χ3v) is 5.55. The maximum atomic E-state index is 13.1. The average molecular weight is 478 g/mol. The van der Waals surface area contributed by atoms with Gasteiger partial charge in [-0.05, 0) is 47.9 Å². The van der Waals surface area contributed by atoms with Crippen molar-refractivity contribution >= 4 is 17.0 Å². The molecule has 0 aliphatic rings. The highest BCUT2D eigenvalue weighted by Crippen LogP contribution is 2.30. The molecule has 1 aromatic heterocycles. The van der Waals surface area contributed by atoms with Crippen LogP contribution >= 0.6 is 0 Å². The molecule has 174 valence electrons. The molecule has 3 rings (SSSR count). The van der Waals surface area contributed by atoms with Crippen LogP contribution in [0.3, 0.4) is 0 Å². The molecule has 3 aromatic rings. The number of aromatic nitrogens is 1. The number of carbonyl (C=O) groups excluding carboxylic acids is 1. The van der Waals surface area contributed by atoms with Gasteiger partial charge in [0.15, 0.2) is 11.1 Å². The predicted octanol–water partition coefficient (Wildman–Crippen LogP) is 4.07. The van der Waals surface area contributed by atoms with Gasteiger partial charge in [-0.25, -0.2) is 4.21 Å². The van der Waals surface area contributed by atoms with E-state index in [1.807, 2.05) is 0 Å². The highest BCUT2D eigenvalue weighted by Gasteiger charge is 2.30. The molecular weight excluding hydrogens is 457 g/mol. The molecule has 1 amide bonds. The fourth-order valence-corrected chi connectivity index (χ4v) is 3.78. The Labute approximate surface area is 190 Å². The molecule has 0 bridgehead atoms. The summed E-state index contributed by atoms with van der Waals surface area (Å²) >= 11 is -1.96. The van der Waals surface area contributed by atoms with Crippen molar-refractivity contribution in [2.45, 2.75) is 31.8 Å². The quantitative estimate of drug-likeness (QED) is 0.501. The van der Waals surface area contributed by atoms with Crippen LogP contribution in [0.5, 0.6) is 0 Å². The number of alkyl halides is 3. The number of carbonyl (C=O) groups is 1. The summed E-state index contributed by atoms with van der Waals surface area (Å²) < 4.78 is 60.3. The van der Waals surface area contributed by atoms with Crippen LogP contribution in [0, 0.1) is 0 Å². The second-order valence-corrected chi connectivity index (χ2v) is 8.18. The van der Waals surface area contributed by atoms with Gasteiger partial charge in [0.05, 0.1) is 11.3 Å².